The topological polar surface area (TPSA) is 84.7 Å². The van der Waals surface area contributed by atoms with Crippen molar-refractivity contribution in [2.45, 2.75) is 46.8 Å². The summed E-state index contributed by atoms with van der Waals surface area (Å²) in [5, 5.41) is 8.37. The van der Waals surface area contributed by atoms with Crippen molar-refractivity contribution in [1.82, 2.24) is 0 Å². The van der Waals surface area contributed by atoms with Gasteiger partial charge in [0.2, 0.25) is 0 Å². The molecular formula is C9H28N2O2+2. The Morgan fingerprint density at radius 1 is 1.15 bits per heavy atom. The van der Waals surface area contributed by atoms with E-state index in [9.17, 15) is 0 Å². The van der Waals surface area contributed by atoms with Crippen molar-refractivity contribution in [2.75, 3.05) is 13.3 Å². The van der Waals surface area contributed by atoms with Crippen LogP contribution in [0.25, 0.3) is 0 Å². The van der Waals surface area contributed by atoms with Crippen molar-refractivity contribution in [2.24, 2.45) is 0 Å². The van der Waals surface area contributed by atoms with Gasteiger partial charge >= 0.3 is 0 Å². The number of hydrogen-bond acceptors (Lipinski definition) is 2. The van der Waals surface area contributed by atoms with Crippen molar-refractivity contribution >= 4 is 0 Å². The smallest absolute Gasteiger partial charge is 0.191 e. The summed E-state index contributed by atoms with van der Waals surface area (Å²) in [6.07, 6.45) is 4.35. The van der Waals surface area contributed by atoms with E-state index in [0.717, 1.165) is 19.4 Å². The van der Waals surface area contributed by atoms with Gasteiger partial charge in [0.25, 0.3) is 0 Å². The summed E-state index contributed by atoms with van der Waals surface area (Å²) in [6, 6.07) is 0. The number of rotatable bonds is 7. The van der Waals surface area contributed by atoms with E-state index in [-0.39, 0.29) is 27.9 Å². The molecule has 0 heterocycles. The van der Waals surface area contributed by atoms with Gasteiger partial charge in [0.15, 0.2) is 6.23 Å². The lowest BCUT2D eigenvalue weighted by Crippen LogP contribution is -2.62. The molecule has 4 nitrogen and oxygen atoms in total. The van der Waals surface area contributed by atoms with E-state index in [2.05, 4.69) is 11.5 Å². The van der Waals surface area contributed by atoms with Crippen LogP contribution in [0.15, 0.2) is 0 Å². The first kappa shape index (κ1) is 18.6. The maximum atomic E-state index is 8.37. The van der Waals surface area contributed by atoms with Gasteiger partial charge in [0.1, 0.15) is 6.79 Å². The Kier molecular flexibility index (Phi) is 20.5. The van der Waals surface area contributed by atoms with Crippen molar-refractivity contribution in [3.05, 3.63) is 0 Å². The molecule has 0 radical (unpaired) electrons. The Balaban J connectivity index is -0.000000500. The Labute approximate surface area is 82.3 Å². The highest BCUT2D eigenvalue weighted by molar-refractivity contribution is 4.43. The van der Waals surface area contributed by atoms with E-state index in [1.807, 2.05) is 0 Å². The third-order valence-corrected chi connectivity index (χ3v) is 1.59. The quantitative estimate of drug-likeness (QED) is 0.382. The minimum absolute atomic E-state index is 0. The van der Waals surface area contributed by atoms with Gasteiger partial charge in [-0.1, -0.05) is 14.9 Å². The molecule has 0 amide bonds. The summed E-state index contributed by atoms with van der Waals surface area (Å²) < 4.78 is 4.85. The normalized spacial score (nSPS) is 11.3. The summed E-state index contributed by atoms with van der Waals surface area (Å²) in [6.45, 7) is 0.784. The second-order valence-corrected chi connectivity index (χ2v) is 2.62. The molecule has 1 atom stereocenters. The SMILES string of the molecule is C.C.[NH3+]CCCCCC([NH3+])OCO. The van der Waals surface area contributed by atoms with Gasteiger partial charge in [-0.05, 0) is 19.3 Å². The number of ether oxygens (including phenoxy) is 1. The Morgan fingerprint density at radius 3 is 2.23 bits per heavy atom. The molecule has 0 aliphatic carbocycles. The van der Waals surface area contributed by atoms with Crippen LogP contribution < -0.4 is 11.5 Å². The molecule has 84 valence electrons. The van der Waals surface area contributed by atoms with Crippen LogP contribution in [-0.4, -0.2) is 24.7 Å². The predicted molar refractivity (Wildman–Crippen MR) is 54.5 cm³/mol. The van der Waals surface area contributed by atoms with Crippen LogP contribution in [0.1, 0.15) is 40.5 Å². The second kappa shape index (κ2) is 14.4. The highest BCUT2D eigenvalue weighted by Crippen LogP contribution is 2.00. The highest BCUT2D eigenvalue weighted by Gasteiger charge is 2.03. The van der Waals surface area contributed by atoms with Crippen LogP contribution in [0.5, 0.6) is 0 Å². The number of hydrogen-bond donors (Lipinski definition) is 3. The fourth-order valence-electron chi connectivity index (χ4n) is 0.914. The van der Waals surface area contributed by atoms with Crippen LogP contribution in [0.2, 0.25) is 0 Å². The number of aliphatic hydroxyl groups is 1. The van der Waals surface area contributed by atoms with Gasteiger partial charge in [-0.3, -0.25) is 0 Å². The minimum Gasteiger partial charge on any atom is -0.370 e. The number of unbranched alkanes of at least 4 members (excludes halogenated alkanes) is 2. The zero-order valence-electron chi connectivity index (χ0n) is 7.09. The molecule has 0 aliphatic heterocycles. The lowest BCUT2D eigenvalue weighted by atomic mass is 10.2. The summed E-state index contributed by atoms with van der Waals surface area (Å²) in [5.41, 5.74) is 7.48. The first-order chi connectivity index (χ1) is 5.31. The molecule has 0 aromatic carbocycles. The maximum Gasteiger partial charge on any atom is 0.191 e. The van der Waals surface area contributed by atoms with Crippen molar-refractivity contribution < 1.29 is 21.3 Å². The molecule has 1 unspecified atom stereocenters. The predicted octanol–water partition coefficient (Wildman–Crippen LogP) is -0.405. The van der Waals surface area contributed by atoms with Gasteiger partial charge in [-0.2, -0.15) is 0 Å². The van der Waals surface area contributed by atoms with Gasteiger partial charge in [0.05, 0.1) is 6.54 Å². The number of quaternary nitrogens is 2. The van der Waals surface area contributed by atoms with Gasteiger partial charge < -0.3 is 21.3 Å². The zero-order chi connectivity index (χ0) is 8.53. The van der Waals surface area contributed by atoms with E-state index in [1.54, 1.807) is 0 Å². The van der Waals surface area contributed by atoms with Gasteiger partial charge in [0, 0.05) is 6.42 Å². The van der Waals surface area contributed by atoms with Crippen LogP contribution >= 0.6 is 0 Å². The van der Waals surface area contributed by atoms with E-state index < -0.39 is 0 Å². The monoisotopic (exact) mass is 196 g/mol. The lowest BCUT2D eigenvalue weighted by molar-refractivity contribution is -0.498. The molecule has 13 heavy (non-hydrogen) atoms. The molecule has 0 spiro atoms. The Bertz CT molecular complexity index is 82.0. The van der Waals surface area contributed by atoms with Gasteiger partial charge in [-0.15, -0.1) is 0 Å². The molecule has 0 aromatic rings. The molecule has 0 fully saturated rings. The highest BCUT2D eigenvalue weighted by atomic mass is 16.6. The fraction of sp³-hybridized carbons (Fsp3) is 1.00. The van der Waals surface area contributed by atoms with Crippen molar-refractivity contribution in [3.8, 4) is 0 Å². The minimum atomic E-state index is -0.219. The number of aliphatic hydroxyl groups excluding tert-OH is 1. The Hall–Kier alpha value is -0.160. The summed E-state index contributed by atoms with van der Waals surface area (Å²) in [7, 11) is 0. The standard InChI is InChI=1S/C7H18N2O2.2CH4/c8-5-3-1-2-4-7(9)11-6-10;;/h7,10H,1-6,8-9H2;2*1H4/p+2. The average molecular weight is 196 g/mol. The van der Waals surface area contributed by atoms with Crippen LogP contribution in [0, 0.1) is 0 Å². The molecule has 4 heteroatoms. The van der Waals surface area contributed by atoms with Crippen LogP contribution in [0.4, 0.5) is 0 Å². The van der Waals surface area contributed by atoms with Crippen LogP contribution in [-0.2, 0) is 4.74 Å². The second-order valence-electron chi connectivity index (χ2n) is 2.62. The third-order valence-electron chi connectivity index (χ3n) is 1.59. The van der Waals surface area contributed by atoms with E-state index in [4.69, 9.17) is 9.84 Å². The molecular weight excluding hydrogens is 168 g/mol. The zero-order valence-corrected chi connectivity index (χ0v) is 7.09. The fourth-order valence-corrected chi connectivity index (χ4v) is 0.914. The van der Waals surface area contributed by atoms with Crippen LogP contribution in [0.3, 0.4) is 0 Å². The third kappa shape index (κ3) is 14.7. The molecule has 0 saturated carbocycles. The van der Waals surface area contributed by atoms with E-state index in [0.29, 0.717) is 0 Å². The average Bonchev–Trinajstić information content (AvgIpc) is 1.99. The maximum absolute atomic E-state index is 8.37. The summed E-state index contributed by atoms with van der Waals surface area (Å²) >= 11 is 0. The molecule has 7 N–H and O–H groups in total. The van der Waals surface area contributed by atoms with Gasteiger partial charge in [-0.25, -0.2) is 0 Å². The Morgan fingerprint density at radius 2 is 1.77 bits per heavy atom. The van der Waals surface area contributed by atoms with Crippen molar-refractivity contribution in [3.63, 3.8) is 0 Å². The first-order valence-electron chi connectivity index (χ1n) is 4.16. The largest absolute Gasteiger partial charge is 0.370 e. The lowest BCUT2D eigenvalue weighted by Gasteiger charge is -2.06. The molecule has 0 saturated heterocycles. The first-order valence-corrected chi connectivity index (χ1v) is 4.16. The van der Waals surface area contributed by atoms with E-state index >= 15 is 0 Å². The summed E-state index contributed by atoms with van der Waals surface area (Å²) in [5.74, 6) is 0. The summed E-state index contributed by atoms with van der Waals surface area (Å²) in [4.78, 5) is 0. The molecule has 0 aromatic heterocycles. The molecule has 0 aliphatic rings. The molecule has 0 rings (SSSR count). The molecule has 0 bridgehead atoms. The van der Waals surface area contributed by atoms with Crippen molar-refractivity contribution in [1.29, 1.82) is 0 Å². The van der Waals surface area contributed by atoms with E-state index in [1.165, 1.54) is 12.8 Å².